The molecular formula is C9H16N4O. The first-order valence-corrected chi connectivity index (χ1v) is 4.77. The number of hydrogen-bond donors (Lipinski definition) is 1. The maximum Gasteiger partial charge on any atom is 0.321 e. The number of aromatic nitrogens is 3. The lowest BCUT2D eigenvalue weighted by Crippen LogP contribution is -2.08. The molecule has 1 aromatic rings. The second kappa shape index (κ2) is 4.74. The van der Waals surface area contributed by atoms with E-state index in [1.165, 1.54) is 0 Å². The van der Waals surface area contributed by atoms with Crippen molar-refractivity contribution >= 4 is 5.95 Å². The second-order valence-corrected chi connectivity index (χ2v) is 3.34. The van der Waals surface area contributed by atoms with Gasteiger partial charge in [0.2, 0.25) is 5.95 Å². The van der Waals surface area contributed by atoms with E-state index < -0.39 is 0 Å². The standard InChI is InChI=1S/C9H16N4O/c1-4-5-14-9-12-7(6(2)3)11-8(10)13-9/h6H,4-5H2,1-3H3,(H2,10,11,12,13). The first kappa shape index (κ1) is 10.7. The molecule has 1 rings (SSSR count). The summed E-state index contributed by atoms with van der Waals surface area (Å²) in [6.45, 7) is 6.62. The van der Waals surface area contributed by atoms with Gasteiger partial charge in [-0.15, -0.1) is 0 Å². The summed E-state index contributed by atoms with van der Waals surface area (Å²) < 4.78 is 5.28. The summed E-state index contributed by atoms with van der Waals surface area (Å²) in [7, 11) is 0. The zero-order valence-corrected chi connectivity index (χ0v) is 8.82. The fraction of sp³-hybridized carbons (Fsp3) is 0.667. The Bertz CT molecular complexity index is 301. The summed E-state index contributed by atoms with van der Waals surface area (Å²) in [6, 6.07) is 0.322. The minimum atomic E-state index is 0.217. The fourth-order valence-corrected chi connectivity index (χ4v) is 0.904. The van der Waals surface area contributed by atoms with E-state index >= 15 is 0 Å². The monoisotopic (exact) mass is 196 g/mol. The summed E-state index contributed by atoms with van der Waals surface area (Å²) in [5, 5.41) is 0. The fourth-order valence-electron chi connectivity index (χ4n) is 0.904. The van der Waals surface area contributed by atoms with E-state index in [2.05, 4.69) is 15.0 Å². The summed E-state index contributed by atoms with van der Waals surface area (Å²) in [4.78, 5) is 12.1. The molecule has 1 aromatic heterocycles. The maximum absolute atomic E-state index is 5.53. The summed E-state index contributed by atoms with van der Waals surface area (Å²) in [5.74, 6) is 1.11. The van der Waals surface area contributed by atoms with Crippen LogP contribution in [0, 0.1) is 0 Å². The van der Waals surface area contributed by atoms with Gasteiger partial charge in [0.25, 0.3) is 0 Å². The smallest absolute Gasteiger partial charge is 0.321 e. The third kappa shape index (κ3) is 2.83. The molecule has 0 aliphatic carbocycles. The van der Waals surface area contributed by atoms with Gasteiger partial charge in [-0.3, -0.25) is 0 Å². The zero-order valence-electron chi connectivity index (χ0n) is 8.82. The van der Waals surface area contributed by atoms with Crippen molar-refractivity contribution in [2.75, 3.05) is 12.3 Å². The number of hydrogen-bond acceptors (Lipinski definition) is 5. The quantitative estimate of drug-likeness (QED) is 0.787. The van der Waals surface area contributed by atoms with E-state index in [1.807, 2.05) is 20.8 Å². The molecule has 5 heteroatoms. The molecule has 0 spiro atoms. The zero-order chi connectivity index (χ0) is 10.6. The molecule has 0 atom stereocenters. The van der Waals surface area contributed by atoms with Crippen molar-refractivity contribution in [3.63, 3.8) is 0 Å². The van der Waals surface area contributed by atoms with Crippen molar-refractivity contribution in [1.82, 2.24) is 15.0 Å². The Balaban J connectivity index is 2.84. The van der Waals surface area contributed by atoms with E-state index in [9.17, 15) is 0 Å². The Labute approximate surface area is 83.7 Å². The van der Waals surface area contributed by atoms with E-state index in [0.29, 0.717) is 18.4 Å². The molecule has 2 N–H and O–H groups in total. The molecule has 0 saturated carbocycles. The molecule has 0 aliphatic heterocycles. The van der Waals surface area contributed by atoms with Crippen molar-refractivity contribution in [2.45, 2.75) is 33.1 Å². The molecule has 0 saturated heterocycles. The molecule has 0 fully saturated rings. The molecule has 0 aromatic carbocycles. The molecule has 0 radical (unpaired) electrons. The molecule has 1 heterocycles. The SMILES string of the molecule is CCCOc1nc(N)nc(C(C)C)n1. The second-order valence-electron chi connectivity index (χ2n) is 3.34. The van der Waals surface area contributed by atoms with Crippen molar-refractivity contribution in [1.29, 1.82) is 0 Å². The van der Waals surface area contributed by atoms with Gasteiger partial charge in [-0.25, -0.2) is 0 Å². The van der Waals surface area contributed by atoms with Crippen LogP contribution in [-0.2, 0) is 0 Å². The number of nitrogens with two attached hydrogens (primary N) is 1. The van der Waals surface area contributed by atoms with Gasteiger partial charge in [-0.05, 0) is 6.42 Å². The number of rotatable bonds is 4. The number of nitrogens with zero attached hydrogens (tertiary/aromatic N) is 3. The van der Waals surface area contributed by atoms with Crippen molar-refractivity contribution < 1.29 is 4.74 Å². The van der Waals surface area contributed by atoms with E-state index in [4.69, 9.17) is 10.5 Å². The molecular weight excluding hydrogens is 180 g/mol. The average Bonchev–Trinajstić information content (AvgIpc) is 2.14. The Morgan fingerprint density at radius 1 is 1.29 bits per heavy atom. The molecule has 0 aliphatic rings. The van der Waals surface area contributed by atoms with Crippen LogP contribution in [-0.4, -0.2) is 21.6 Å². The number of nitrogen functional groups attached to an aromatic ring is 1. The van der Waals surface area contributed by atoms with Crippen molar-refractivity contribution in [3.05, 3.63) is 5.82 Å². The Hall–Kier alpha value is -1.39. The first-order valence-electron chi connectivity index (χ1n) is 4.77. The van der Waals surface area contributed by atoms with Crippen LogP contribution >= 0.6 is 0 Å². The third-order valence-electron chi connectivity index (χ3n) is 1.60. The lowest BCUT2D eigenvalue weighted by molar-refractivity contribution is 0.290. The minimum absolute atomic E-state index is 0.217. The normalized spacial score (nSPS) is 10.6. The van der Waals surface area contributed by atoms with Crippen molar-refractivity contribution in [2.24, 2.45) is 0 Å². The lowest BCUT2D eigenvalue weighted by atomic mass is 10.2. The highest BCUT2D eigenvalue weighted by atomic mass is 16.5. The Morgan fingerprint density at radius 2 is 2.00 bits per heavy atom. The van der Waals surface area contributed by atoms with Gasteiger partial charge >= 0.3 is 6.01 Å². The van der Waals surface area contributed by atoms with Gasteiger partial charge in [-0.2, -0.15) is 15.0 Å². The largest absolute Gasteiger partial charge is 0.463 e. The van der Waals surface area contributed by atoms with Crippen LogP contribution in [0.3, 0.4) is 0 Å². The predicted octanol–water partition coefficient (Wildman–Crippen LogP) is 1.37. The highest BCUT2D eigenvalue weighted by Gasteiger charge is 2.08. The Morgan fingerprint density at radius 3 is 2.57 bits per heavy atom. The molecule has 78 valence electrons. The van der Waals surface area contributed by atoms with Gasteiger partial charge in [0.05, 0.1) is 6.61 Å². The minimum Gasteiger partial charge on any atom is -0.463 e. The van der Waals surface area contributed by atoms with Crippen molar-refractivity contribution in [3.8, 4) is 6.01 Å². The van der Waals surface area contributed by atoms with Crippen LogP contribution in [0.2, 0.25) is 0 Å². The van der Waals surface area contributed by atoms with Gasteiger partial charge < -0.3 is 10.5 Å². The molecule has 0 bridgehead atoms. The third-order valence-corrected chi connectivity index (χ3v) is 1.60. The summed E-state index contributed by atoms with van der Waals surface area (Å²) >= 11 is 0. The molecule has 0 amide bonds. The molecule has 14 heavy (non-hydrogen) atoms. The lowest BCUT2D eigenvalue weighted by Gasteiger charge is -2.07. The highest BCUT2D eigenvalue weighted by Crippen LogP contribution is 2.13. The van der Waals surface area contributed by atoms with E-state index in [0.717, 1.165) is 6.42 Å². The van der Waals surface area contributed by atoms with E-state index in [-0.39, 0.29) is 11.9 Å². The van der Waals surface area contributed by atoms with Crippen LogP contribution in [0.15, 0.2) is 0 Å². The number of ether oxygens (including phenoxy) is 1. The van der Waals surface area contributed by atoms with Gasteiger partial charge in [-0.1, -0.05) is 20.8 Å². The van der Waals surface area contributed by atoms with Gasteiger partial charge in [0.1, 0.15) is 5.82 Å². The van der Waals surface area contributed by atoms with Gasteiger partial charge in [0, 0.05) is 5.92 Å². The predicted molar refractivity (Wildman–Crippen MR) is 54.1 cm³/mol. The summed E-state index contributed by atoms with van der Waals surface area (Å²) in [6.07, 6.45) is 0.919. The maximum atomic E-state index is 5.53. The van der Waals surface area contributed by atoms with Crippen LogP contribution < -0.4 is 10.5 Å². The topological polar surface area (TPSA) is 73.9 Å². The molecule has 0 unspecified atom stereocenters. The van der Waals surface area contributed by atoms with E-state index in [1.54, 1.807) is 0 Å². The first-order chi connectivity index (χ1) is 6.63. The van der Waals surface area contributed by atoms with Crippen LogP contribution in [0.1, 0.15) is 38.9 Å². The number of anilines is 1. The van der Waals surface area contributed by atoms with Gasteiger partial charge in [0.15, 0.2) is 0 Å². The highest BCUT2D eigenvalue weighted by molar-refractivity contribution is 5.19. The molecule has 5 nitrogen and oxygen atoms in total. The average molecular weight is 196 g/mol. The summed E-state index contributed by atoms with van der Waals surface area (Å²) in [5.41, 5.74) is 5.53. The Kier molecular flexibility index (Phi) is 3.62. The van der Waals surface area contributed by atoms with Crippen LogP contribution in [0.4, 0.5) is 5.95 Å². The van der Waals surface area contributed by atoms with Crippen LogP contribution in [0.5, 0.6) is 6.01 Å². The van der Waals surface area contributed by atoms with Crippen LogP contribution in [0.25, 0.3) is 0 Å².